The van der Waals surface area contributed by atoms with E-state index in [4.69, 9.17) is 14.0 Å². The monoisotopic (exact) mass is 393 g/mol. The minimum atomic E-state index is 0.00671. The molecule has 1 aliphatic heterocycles. The van der Waals surface area contributed by atoms with Gasteiger partial charge >= 0.3 is 0 Å². The molecule has 150 valence electrons. The maximum absolute atomic E-state index is 12.9. The lowest BCUT2D eigenvalue weighted by Crippen LogP contribution is -2.39. The van der Waals surface area contributed by atoms with Crippen LogP contribution >= 0.6 is 0 Å². The van der Waals surface area contributed by atoms with Crippen LogP contribution < -0.4 is 9.47 Å². The van der Waals surface area contributed by atoms with Crippen molar-refractivity contribution in [2.24, 2.45) is 0 Å². The molecular weight excluding hydrogens is 370 g/mol. The molecule has 1 amide bonds. The molecule has 2 heterocycles. The molecule has 0 aliphatic carbocycles. The summed E-state index contributed by atoms with van der Waals surface area (Å²) < 4.78 is 15.9. The SMILES string of the molecule is COc1ccc(C(=O)N2CCC[C@@H](c3nc(-c4ccc(OC)cc4)no3)C2)cc1. The van der Waals surface area contributed by atoms with E-state index in [2.05, 4.69) is 10.1 Å². The van der Waals surface area contributed by atoms with Gasteiger partial charge in [0.25, 0.3) is 5.91 Å². The summed E-state index contributed by atoms with van der Waals surface area (Å²) in [6, 6.07) is 14.7. The molecule has 0 saturated carbocycles. The van der Waals surface area contributed by atoms with E-state index in [1.54, 1.807) is 38.5 Å². The molecule has 1 saturated heterocycles. The van der Waals surface area contributed by atoms with Crippen molar-refractivity contribution in [1.82, 2.24) is 15.0 Å². The fourth-order valence-electron chi connectivity index (χ4n) is 3.54. The van der Waals surface area contributed by atoms with Gasteiger partial charge in [0.1, 0.15) is 11.5 Å². The van der Waals surface area contributed by atoms with Crippen LogP contribution in [0.3, 0.4) is 0 Å². The van der Waals surface area contributed by atoms with Crippen molar-refractivity contribution in [3.63, 3.8) is 0 Å². The number of hydrogen-bond acceptors (Lipinski definition) is 6. The molecule has 1 fully saturated rings. The first-order chi connectivity index (χ1) is 14.2. The van der Waals surface area contributed by atoms with Gasteiger partial charge in [-0.2, -0.15) is 4.98 Å². The quantitative estimate of drug-likeness (QED) is 0.657. The number of likely N-dealkylation sites (tertiary alicyclic amines) is 1. The van der Waals surface area contributed by atoms with E-state index in [1.807, 2.05) is 29.2 Å². The lowest BCUT2D eigenvalue weighted by atomic mass is 9.97. The maximum Gasteiger partial charge on any atom is 0.253 e. The average Bonchev–Trinajstić information content (AvgIpc) is 3.29. The number of methoxy groups -OCH3 is 2. The lowest BCUT2D eigenvalue weighted by molar-refractivity contribution is 0.0695. The standard InChI is InChI=1S/C22H23N3O4/c1-27-18-9-5-15(6-10-18)20-23-21(29-24-20)17-4-3-13-25(14-17)22(26)16-7-11-19(28-2)12-8-16/h5-12,17H,3-4,13-14H2,1-2H3/t17-/m1/s1. The fraction of sp³-hybridized carbons (Fsp3) is 0.318. The van der Waals surface area contributed by atoms with Crippen molar-refractivity contribution in [3.05, 3.63) is 60.0 Å². The second-order valence-electron chi connectivity index (χ2n) is 7.00. The third-order valence-electron chi connectivity index (χ3n) is 5.18. The Balaban J connectivity index is 1.46. The first-order valence-corrected chi connectivity index (χ1v) is 9.59. The number of piperidine rings is 1. The topological polar surface area (TPSA) is 77.7 Å². The number of amides is 1. The molecule has 4 rings (SSSR count). The van der Waals surface area contributed by atoms with Gasteiger partial charge in [-0.3, -0.25) is 4.79 Å². The molecular formula is C22H23N3O4. The Kier molecular flexibility index (Phi) is 5.46. The summed E-state index contributed by atoms with van der Waals surface area (Å²) in [6.45, 7) is 1.29. The molecule has 7 nitrogen and oxygen atoms in total. The fourth-order valence-corrected chi connectivity index (χ4v) is 3.54. The number of benzene rings is 2. The summed E-state index contributed by atoms with van der Waals surface area (Å²) in [5.41, 5.74) is 1.51. The summed E-state index contributed by atoms with van der Waals surface area (Å²) in [7, 11) is 3.24. The molecule has 2 aromatic carbocycles. The average molecular weight is 393 g/mol. The summed E-state index contributed by atoms with van der Waals surface area (Å²) in [6.07, 6.45) is 1.81. The van der Waals surface area contributed by atoms with E-state index in [9.17, 15) is 4.79 Å². The number of carbonyl (C=O) groups is 1. The first-order valence-electron chi connectivity index (χ1n) is 9.59. The Morgan fingerprint density at radius 2 is 1.69 bits per heavy atom. The lowest BCUT2D eigenvalue weighted by Gasteiger charge is -2.31. The van der Waals surface area contributed by atoms with Crippen molar-refractivity contribution >= 4 is 5.91 Å². The van der Waals surface area contributed by atoms with Gasteiger partial charge in [0.15, 0.2) is 0 Å². The number of nitrogens with zero attached hydrogens (tertiary/aromatic N) is 3. The molecule has 0 radical (unpaired) electrons. The van der Waals surface area contributed by atoms with Crippen molar-refractivity contribution in [2.45, 2.75) is 18.8 Å². The predicted molar refractivity (Wildman–Crippen MR) is 107 cm³/mol. The molecule has 1 aromatic heterocycles. The van der Waals surface area contributed by atoms with Crippen LogP contribution in [0.25, 0.3) is 11.4 Å². The Morgan fingerprint density at radius 3 is 2.34 bits per heavy atom. The van der Waals surface area contributed by atoms with Crippen LogP contribution in [0.1, 0.15) is 35.0 Å². The highest BCUT2D eigenvalue weighted by atomic mass is 16.5. The molecule has 0 unspecified atom stereocenters. The van der Waals surface area contributed by atoms with Crippen LogP contribution in [0.2, 0.25) is 0 Å². The zero-order valence-electron chi connectivity index (χ0n) is 16.5. The van der Waals surface area contributed by atoms with Crippen LogP contribution in [0.15, 0.2) is 53.1 Å². The van der Waals surface area contributed by atoms with Crippen LogP contribution in [-0.4, -0.2) is 48.3 Å². The van der Waals surface area contributed by atoms with Gasteiger partial charge in [-0.1, -0.05) is 5.16 Å². The largest absolute Gasteiger partial charge is 0.497 e. The Labute approximate surface area is 169 Å². The molecule has 3 aromatic rings. The number of carbonyl (C=O) groups excluding carboxylic acids is 1. The summed E-state index contributed by atoms with van der Waals surface area (Å²) in [4.78, 5) is 19.3. The Bertz CT molecular complexity index is 966. The van der Waals surface area contributed by atoms with Gasteiger partial charge in [-0.25, -0.2) is 0 Å². The van der Waals surface area contributed by atoms with E-state index >= 15 is 0 Å². The van der Waals surface area contributed by atoms with Crippen molar-refractivity contribution in [3.8, 4) is 22.9 Å². The third-order valence-corrected chi connectivity index (χ3v) is 5.18. The van der Waals surface area contributed by atoms with Gasteiger partial charge in [0.05, 0.1) is 20.1 Å². The van der Waals surface area contributed by atoms with Crippen LogP contribution in [0.4, 0.5) is 0 Å². The number of hydrogen-bond donors (Lipinski definition) is 0. The molecule has 0 bridgehead atoms. The van der Waals surface area contributed by atoms with Gasteiger partial charge in [-0.05, 0) is 61.4 Å². The van der Waals surface area contributed by atoms with Crippen LogP contribution in [0, 0.1) is 0 Å². The molecule has 29 heavy (non-hydrogen) atoms. The minimum absolute atomic E-state index is 0.00671. The zero-order valence-corrected chi connectivity index (χ0v) is 16.5. The Hall–Kier alpha value is -3.35. The number of aromatic nitrogens is 2. The Morgan fingerprint density at radius 1 is 1.03 bits per heavy atom. The van der Waals surface area contributed by atoms with E-state index < -0.39 is 0 Å². The third kappa shape index (κ3) is 4.08. The normalized spacial score (nSPS) is 16.5. The predicted octanol–water partition coefficient (Wildman–Crippen LogP) is 3.77. The van der Waals surface area contributed by atoms with Crippen molar-refractivity contribution < 1.29 is 18.8 Å². The van der Waals surface area contributed by atoms with E-state index in [0.29, 0.717) is 23.8 Å². The van der Waals surface area contributed by atoms with Crippen LogP contribution in [-0.2, 0) is 0 Å². The summed E-state index contributed by atoms with van der Waals surface area (Å²) in [5.74, 6) is 2.66. The van der Waals surface area contributed by atoms with Gasteiger partial charge in [0.2, 0.25) is 11.7 Å². The van der Waals surface area contributed by atoms with Gasteiger partial charge in [-0.15, -0.1) is 0 Å². The van der Waals surface area contributed by atoms with Gasteiger partial charge in [0, 0.05) is 24.2 Å². The van der Waals surface area contributed by atoms with Crippen molar-refractivity contribution in [2.75, 3.05) is 27.3 Å². The van der Waals surface area contributed by atoms with Gasteiger partial charge < -0.3 is 18.9 Å². The van der Waals surface area contributed by atoms with Crippen molar-refractivity contribution in [1.29, 1.82) is 0 Å². The summed E-state index contributed by atoms with van der Waals surface area (Å²) >= 11 is 0. The molecule has 0 N–H and O–H groups in total. The molecule has 1 atom stereocenters. The number of ether oxygens (including phenoxy) is 2. The van der Waals surface area contributed by atoms with E-state index in [-0.39, 0.29) is 11.8 Å². The second-order valence-corrected chi connectivity index (χ2v) is 7.00. The first kappa shape index (κ1) is 19.0. The molecule has 0 spiro atoms. The zero-order chi connectivity index (χ0) is 20.2. The highest BCUT2D eigenvalue weighted by molar-refractivity contribution is 5.94. The smallest absolute Gasteiger partial charge is 0.253 e. The second kappa shape index (κ2) is 8.34. The highest BCUT2D eigenvalue weighted by Gasteiger charge is 2.29. The highest BCUT2D eigenvalue weighted by Crippen LogP contribution is 2.29. The maximum atomic E-state index is 12.9. The van der Waals surface area contributed by atoms with E-state index in [0.717, 1.165) is 36.4 Å². The van der Waals surface area contributed by atoms with Crippen LogP contribution in [0.5, 0.6) is 11.5 Å². The van der Waals surface area contributed by atoms with E-state index in [1.165, 1.54) is 0 Å². The molecule has 7 heteroatoms. The minimum Gasteiger partial charge on any atom is -0.497 e. The molecule has 1 aliphatic rings. The summed E-state index contributed by atoms with van der Waals surface area (Å²) in [5, 5.41) is 4.12. The number of rotatable bonds is 5.